The fourth-order valence-electron chi connectivity index (χ4n) is 2.79. The number of halogens is 1. The number of anilines is 1. The van der Waals surface area contributed by atoms with Gasteiger partial charge in [-0.2, -0.15) is 0 Å². The van der Waals surface area contributed by atoms with Crippen LogP contribution in [0.5, 0.6) is 0 Å². The zero-order valence-corrected chi connectivity index (χ0v) is 14.5. The molecule has 1 atom stereocenters. The van der Waals surface area contributed by atoms with Crippen molar-refractivity contribution in [3.05, 3.63) is 29.3 Å². The molecule has 1 N–H and O–H groups in total. The summed E-state index contributed by atoms with van der Waals surface area (Å²) in [6.45, 7) is 5.08. The van der Waals surface area contributed by atoms with Crippen LogP contribution in [0.25, 0.3) is 0 Å². The average molecular weight is 338 g/mol. The van der Waals surface area contributed by atoms with E-state index in [-0.39, 0.29) is 0 Å². The molecule has 0 amide bonds. The van der Waals surface area contributed by atoms with Gasteiger partial charge in [-0.1, -0.05) is 30.7 Å². The molecule has 1 fully saturated rings. The van der Waals surface area contributed by atoms with Crippen molar-refractivity contribution in [1.82, 2.24) is 4.90 Å². The van der Waals surface area contributed by atoms with Crippen molar-refractivity contribution in [2.75, 3.05) is 18.6 Å². The van der Waals surface area contributed by atoms with Crippen LogP contribution >= 0.6 is 11.6 Å². The number of hydrazone groups is 1. The third-order valence-corrected chi connectivity index (χ3v) is 4.31. The van der Waals surface area contributed by atoms with E-state index < -0.39 is 5.97 Å². The molecule has 0 spiro atoms. The standard InChI is InChI=1S/C17H24ClN3O2/c1-3-13-9-7-8-12-21(13)16(17(22)23-4-2)20-19-15-11-6-5-10-14(15)18/h5-6,10-11,13,19H,3-4,7-9,12H2,1-2H3/b20-16+/t13-/m0/s1. The molecular weight excluding hydrogens is 314 g/mol. The summed E-state index contributed by atoms with van der Waals surface area (Å²) < 4.78 is 5.18. The number of likely N-dealkylation sites (tertiary alicyclic amines) is 1. The molecule has 1 aromatic carbocycles. The zero-order chi connectivity index (χ0) is 16.7. The maximum Gasteiger partial charge on any atom is 0.376 e. The molecule has 1 saturated heterocycles. The van der Waals surface area contributed by atoms with Crippen LogP contribution in [0.1, 0.15) is 39.5 Å². The molecule has 1 heterocycles. The van der Waals surface area contributed by atoms with E-state index in [9.17, 15) is 4.79 Å². The van der Waals surface area contributed by atoms with E-state index in [0.29, 0.717) is 29.2 Å². The van der Waals surface area contributed by atoms with Gasteiger partial charge in [0.05, 0.1) is 17.3 Å². The van der Waals surface area contributed by atoms with Crippen LogP contribution in [-0.4, -0.2) is 35.9 Å². The minimum absolute atomic E-state index is 0.319. The average Bonchev–Trinajstić information content (AvgIpc) is 2.57. The predicted octanol–water partition coefficient (Wildman–Crippen LogP) is 3.89. The molecule has 126 valence electrons. The molecule has 1 aliphatic rings. The summed E-state index contributed by atoms with van der Waals surface area (Å²) in [6, 6.07) is 7.63. The number of benzene rings is 1. The van der Waals surface area contributed by atoms with Crippen molar-refractivity contribution in [3.63, 3.8) is 0 Å². The lowest BCUT2D eigenvalue weighted by Crippen LogP contribution is -2.47. The summed E-state index contributed by atoms with van der Waals surface area (Å²) in [7, 11) is 0. The lowest BCUT2D eigenvalue weighted by atomic mass is 10.00. The number of carbonyl (C=O) groups is 1. The number of ether oxygens (including phenoxy) is 1. The molecule has 0 saturated carbocycles. The molecule has 1 aliphatic heterocycles. The first-order valence-electron chi connectivity index (χ1n) is 8.19. The molecule has 0 bridgehead atoms. The van der Waals surface area contributed by atoms with Crippen LogP contribution in [0.2, 0.25) is 5.02 Å². The molecule has 0 aliphatic carbocycles. The van der Waals surface area contributed by atoms with E-state index in [2.05, 4.69) is 22.4 Å². The van der Waals surface area contributed by atoms with Gasteiger partial charge in [-0.3, -0.25) is 5.43 Å². The second kappa shape index (κ2) is 8.77. The Hall–Kier alpha value is -1.75. The van der Waals surface area contributed by atoms with Crippen molar-refractivity contribution >= 4 is 29.1 Å². The highest BCUT2D eigenvalue weighted by Gasteiger charge is 2.29. The number of esters is 1. The normalized spacial score (nSPS) is 18.7. The van der Waals surface area contributed by atoms with Crippen molar-refractivity contribution in [2.24, 2.45) is 5.10 Å². The molecular formula is C17H24ClN3O2. The Balaban J connectivity index is 2.24. The minimum atomic E-state index is -0.396. The summed E-state index contributed by atoms with van der Waals surface area (Å²) in [5, 5.41) is 4.89. The Kier molecular flexibility index (Phi) is 6.71. The van der Waals surface area contributed by atoms with Gasteiger partial charge < -0.3 is 9.64 Å². The van der Waals surface area contributed by atoms with E-state index in [1.807, 2.05) is 18.2 Å². The number of amidine groups is 1. The van der Waals surface area contributed by atoms with E-state index in [1.165, 1.54) is 6.42 Å². The van der Waals surface area contributed by atoms with Crippen LogP contribution in [0.15, 0.2) is 29.4 Å². The molecule has 5 nitrogen and oxygen atoms in total. The molecule has 0 aromatic heterocycles. The van der Waals surface area contributed by atoms with E-state index in [1.54, 1.807) is 13.0 Å². The topological polar surface area (TPSA) is 53.9 Å². The molecule has 23 heavy (non-hydrogen) atoms. The largest absolute Gasteiger partial charge is 0.460 e. The fraction of sp³-hybridized carbons (Fsp3) is 0.529. The number of hydrogen-bond acceptors (Lipinski definition) is 4. The van der Waals surface area contributed by atoms with Gasteiger partial charge in [0.25, 0.3) is 0 Å². The quantitative estimate of drug-likeness (QED) is 0.392. The smallest absolute Gasteiger partial charge is 0.376 e. The number of hydrogen-bond donors (Lipinski definition) is 1. The van der Waals surface area contributed by atoms with Gasteiger partial charge in [0.15, 0.2) is 0 Å². The highest BCUT2D eigenvalue weighted by molar-refractivity contribution is 6.36. The van der Waals surface area contributed by atoms with Crippen molar-refractivity contribution < 1.29 is 9.53 Å². The first kappa shape index (κ1) is 17.6. The fourth-order valence-corrected chi connectivity index (χ4v) is 2.97. The molecule has 0 unspecified atom stereocenters. The van der Waals surface area contributed by atoms with Gasteiger partial charge in [0.1, 0.15) is 0 Å². The Morgan fingerprint density at radius 2 is 2.17 bits per heavy atom. The Morgan fingerprint density at radius 1 is 1.39 bits per heavy atom. The van der Waals surface area contributed by atoms with E-state index >= 15 is 0 Å². The number of piperidine rings is 1. The third-order valence-electron chi connectivity index (χ3n) is 3.98. The lowest BCUT2D eigenvalue weighted by molar-refractivity contribution is -0.136. The number of para-hydroxylation sites is 1. The number of nitrogens with zero attached hydrogens (tertiary/aromatic N) is 2. The summed E-state index contributed by atoms with van der Waals surface area (Å²) in [4.78, 5) is 14.4. The van der Waals surface area contributed by atoms with Crippen LogP contribution in [0.4, 0.5) is 5.69 Å². The summed E-state index contributed by atoms with van der Waals surface area (Å²) in [6.07, 6.45) is 4.29. The van der Waals surface area contributed by atoms with Crippen molar-refractivity contribution in [2.45, 2.75) is 45.6 Å². The Morgan fingerprint density at radius 3 is 2.87 bits per heavy atom. The number of rotatable bonds is 4. The van der Waals surface area contributed by atoms with Crippen LogP contribution in [0.3, 0.4) is 0 Å². The lowest BCUT2D eigenvalue weighted by Gasteiger charge is -2.36. The van der Waals surface area contributed by atoms with Gasteiger partial charge >= 0.3 is 5.97 Å². The summed E-state index contributed by atoms with van der Waals surface area (Å²) in [5.74, 6) is -0.0641. The third kappa shape index (κ3) is 4.61. The van der Waals surface area contributed by atoms with Crippen LogP contribution in [-0.2, 0) is 9.53 Å². The van der Waals surface area contributed by atoms with Gasteiger partial charge in [0.2, 0.25) is 5.84 Å². The predicted molar refractivity (Wildman–Crippen MR) is 93.8 cm³/mol. The molecule has 2 rings (SSSR count). The SMILES string of the molecule is CCOC(=O)/C(=N\Nc1ccccc1Cl)N1CCCC[C@@H]1CC. The molecule has 0 radical (unpaired) electrons. The maximum atomic E-state index is 12.3. The molecule has 1 aromatic rings. The summed E-state index contributed by atoms with van der Waals surface area (Å²) >= 11 is 6.13. The minimum Gasteiger partial charge on any atom is -0.460 e. The van der Waals surface area contributed by atoms with Crippen molar-refractivity contribution in [3.8, 4) is 0 Å². The monoisotopic (exact) mass is 337 g/mol. The van der Waals surface area contributed by atoms with Gasteiger partial charge in [-0.05, 0) is 44.7 Å². The maximum absolute atomic E-state index is 12.3. The Labute approximate surface area is 142 Å². The first-order chi connectivity index (χ1) is 11.2. The van der Waals surface area contributed by atoms with Gasteiger partial charge in [0, 0.05) is 12.6 Å². The summed E-state index contributed by atoms with van der Waals surface area (Å²) in [5.41, 5.74) is 3.58. The second-order valence-electron chi connectivity index (χ2n) is 5.50. The highest BCUT2D eigenvalue weighted by Crippen LogP contribution is 2.23. The van der Waals surface area contributed by atoms with E-state index in [0.717, 1.165) is 25.8 Å². The highest BCUT2D eigenvalue weighted by atomic mass is 35.5. The first-order valence-corrected chi connectivity index (χ1v) is 8.57. The Bertz CT molecular complexity index is 563. The van der Waals surface area contributed by atoms with Gasteiger partial charge in [-0.15, -0.1) is 5.10 Å². The number of carbonyl (C=O) groups excluding carboxylic acids is 1. The van der Waals surface area contributed by atoms with Crippen molar-refractivity contribution in [1.29, 1.82) is 0 Å². The zero-order valence-electron chi connectivity index (χ0n) is 13.7. The molecule has 6 heteroatoms. The van der Waals surface area contributed by atoms with Crippen LogP contribution in [0, 0.1) is 0 Å². The number of nitrogens with one attached hydrogen (secondary N) is 1. The second-order valence-corrected chi connectivity index (χ2v) is 5.91. The van der Waals surface area contributed by atoms with Crippen LogP contribution < -0.4 is 5.43 Å². The van der Waals surface area contributed by atoms with Gasteiger partial charge in [-0.25, -0.2) is 4.79 Å². The van der Waals surface area contributed by atoms with E-state index in [4.69, 9.17) is 16.3 Å².